The minimum atomic E-state index is -0.354. The number of rotatable bonds is 1. The van der Waals surface area contributed by atoms with Crippen LogP contribution in [0.5, 0.6) is 0 Å². The van der Waals surface area contributed by atoms with Crippen molar-refractivity contribution in [3.8, 4) is 0 Å². The highest BCUT2D eigenvalue weighted by Gasteiger charge is 2.10. The van der Waals surface area contributed by atoms with Crippen molar-refractivity contribution >= 4 is 27.6 Å². The summed E-state index contributed by atoms with van der Waals surface area (Å²) in [6, 6.07) is 7.33. The van der Waals surface area contributed by atoms with Crippen LogP contribution >= 0.6 is 0 Å². The zero-order chi connectivity index (χ0) is 13.4. The minimum absolute atomic E-state index is 0.354. The molecule has 2 heterocycles. The molecule has 1 aromatic carbocycles. The molecule has 0 amide bonds. The molecule has 19 heavy (non-hydrogen) atoms. The number of esters is 1. The zero-order valence-corrected chi connectivity index (χ0v) is 10.7. The molecule has 0 unspecified atom stereocenters. The average Bonchev–Trinajstić information content (AvgIpc) is 2.46. The molecule has 0 aliphatic rings. The Labute approximate surface area is 110 Å². The SMILES string of the molecule is COC(=O)c1ccc2c(c1)nc(C)c1ccncc12. The Morgan fingerprint density at radius 1 is 1.16 bits per heavy atom. The van der Waals surface area contributed by atoms with Crippen LogP contribution in [0.1, 0.15) is 16.1 Å². The summed E-state index contributed by atoms with van der Waals surface area (Å²) in [6.45, 7) is 1.95. The van der Waals surface area contributed by atoms with Crippen LogP contribution in [-0.4, -0.2) is 23.0 Å². The second-order valence-corrected chi connectivity index (χ2v) is 4.34. The van der Waals surface area contributed by atoms with Crippen LogP contribution in [0.25, 0.3) is 21.7 Å². The smallest absolute Gasteiger partial charge is 0.337 e. The predicted octanol–water partition coefficient (Wildman–Crippen LogP) is 2.88. The summed E-state index contributed by atoms with van der Waals surface area (Å²) in [4.78, 5) is 20.2. The van der Waals surface area contributed by atoms with E-state index in [1.807, 2.05) is 25.3 Å². The number of aromatic nitrogens is 2. The van der Waals surface area contributed by atoms with Gasteiger partial charge in [-0.25, -0.2) is 4.79 Å². The van der Waals surface area contributed by atoms with Crippen LogP contribution in [0.4, 0.5) is 0 Å². The highest BCUT2D eigenvalue weighted by atomic mass is 16.5. The van der Waals surface area contributed by atoms with Crippen LogP contribution < -0.4 is 0 Å². The number of benzene rings is 1. The highest BCUT2D eigenvalue weighted by Crippen LogP contribution is 2.26. The number of methoxy groups -OCH3 is 1. The summed E-state index contributed by atoms with van der Waals surface area (Å²) < 4.78 is 4.72. The molecule has 0 atom stereocenters. The Kier molecular flexibility index (Phi) is 2.63. The number of hydrogen-bond acceptors (Lipinski definition) is 4. The van der Waals surface area contributed by atoms with Crippen molar-refractivity contribution in [3.63, 3.8) is 0 Å². The lowest BCUT2D eigenvalue weighted by atomic mass is 10.0. The Morgan fingerprint density at radius 2 is 2.00 bits per heavy atom. The third kappa shape index (κ3) is 1.81. The number of pyridine rings is 2. The maximum atomic E-state index is 11.5. The van der Waals surface area contributed by atoms with Crippen molar-refractivity contribution in [1.82, 2.24) is 9.97 Å². The van der Waals surface area contributed by atoms with Crippen LogP contribution in [0, 0.1) is 6.92 Å². The molecule has 0 N–H and O–H groups in total. The fraction of sp³-hybridized carbons (Fsp3) is 0.133. The number of carbonyl (C=O) groups is 1. The van der Waals surface area contributed by atoms with E-state index >= 15 is 0 Å². The van der Waals surface area contributed by atoms with Gasteiger partial charge in [0.05, 0.1) is 18.2 Å². The Hall–Kier alpha value is -2.49. The quantitative estimate of drug-likeness (QED) is 0.493. The van der Waals surface area contributed by atoms with Crippen molar-refractivity contribution < 1.29 is 9.53 Å². The van der Waals surface area contributed by atoms with E-state index in [1.165, 1.54) is 7.11 Å². The molecule has 3 rings (SSSR count). The number of fused-ring (bicyclic) bond motifs is 3. The van der Waals surface area contributed by atoms with E-state index in [0.29, 0.717) is 5.56 Å². The van der Waals surface area contributed by atoms with E-state index in [0.717, 1.165) is 27.4 Å². The average molecular weight is 252 g/mol. The van der Waals surface area contributed by atoms with E-state index in [-0.39, 0.29) is 5.97 Å². The molecule has 0 saturated carbocycles. The molecule has 0 aliphatic carbocycles. The first-order chi connectivity index (χ1) is 9.20. The van der Waals surface area contributed by atoms with Crippen molar-refractivity contribution in [2.75, 3.05) is 7.11 Å². The third-order valence-electron chi connectivity index (χ3n) is 3.21. The number of nitrogens with zero attached hydrogens (tertiary/aromatic N) is 2. The summed E-state index contributed by atoms with van der Waals surface area (Å²) in [5.74, 6) is -0.354. The molecule has 0 bridgehead atoms. The van der Waals surface area contributed by atoms with Gasteiger partial charge in [0.1, 0.15) is 0 Å². The molecule has 0 fully saturated rings. The molecular formula is C15H12N2O2. The number of aryl methyl sites for hydroxylation is 1. The van der Waals surface area contributed by atoms with Crippen molar-refractivity contribution in [1.29, 1.82) is 0 Å². The maximum Gasteiger partial charge on any atom is 0.337 e. The summed E-state index contributed by atoms with van der Waals surface area (Å²) in [7, 11) is 1.37. The first kappa shape index (κ1) is 11.6. The van der Waals surface area contributed by atoms with Gasteiger partial charge >= 0.3 is 5.97 Å². The standard InChI is InChI=1S/C15H12N2O2/c1-9-11-5-6-16-8-13(11)12-4-3-10(15(18)19-2)7-14(12)17-9/h3-8H,1-2H3. The second-order valence-electron chi connectivity index (χ2n) is 4.34. The van der Waals surface area contributed by atoms with E-state index in [9.17, 15) is 4.79 Å². The fourth-order valence-electron chi connectivity index (χ4n) is 2.26. The summed E-state index contributed by atoms with van der Waals surface area (Å²) in [5.41, 5.74) is 2.21. The van der Waals surface area contributed by atoms with Gasteiger partial charge in [-0.15, -0.1) is 0 Å². The van der Waals surface area contributed by atoms with Crippen molar-refractivity contribution in [2.24, 2.45) is 0 Å². The number of hydrogen-bond donors (Lipinski definition) is 0. The Balaban J connectivity index is 2.37. The van der Waals surface area contributed by atoms with Crippen LogP contribution in [0.3, 0.4) is 0 Å². The lowest BCUT2D eigenvalue weighted by molar-refractivity contribution is 0.0601. The van der Waals surface area contributed by atoms with Crippen LogP contribution in [0.2, 0.25) is 0 Å². The molecule has 4 heteroatoms. The van der Waals surface area contributed by atoms with Gasteiger partial charge in [-0.2, -0.15) is 0 Å². The van der Waals surface area contributed by atoms with E-state index in [4.69, 9.17) is 4.74 Å². The van der Waals surface area contributed by atoms with Gasteiger partial charge in [-0.1, -0.05) is 6.07 Å². The van der Waals surface area contributed by atoms with Gasteiger partial charge in [-0.05, 0) is 25.1 Å². The highest BCUT2D eigenvalue weighted by molar-refractivity contribution is 6.07. The van der Waals surface area contributed by atoms with E-state index in [1.54, 1.807) is 18.3 Å². The first-order valence-electron chi connectivity index (χ1n) is 5.93. The molecule has 0 saturated heterocycles. The van der Waals surface area contributed by atoms with Crippen molar-refractivity contribution in [3.05, 3.63) is 47.9 Å². The first-order valence-corrected chi connectivity index (χ1v) is 5.93. The Morgan fingerprint density at radius 3 is 2.79 bits per heavy atom. The topological polar surface area (TPSA) is 52.1 Å². The Bertz CT molecular complexity index is 797. The van der Waals surface area contributed by atoms with Crippen LogP contribution in [-0.2, 0) is 4.74 Å². The largest absolute Gasteiger partial charge is 0.465 e. The second kappa shape index (κ2) is 4.31. The monoisotopic (exact) mass is 252 g/mol. The van der Waals surface area contributed by atoms with Gasteiger partial charge < -0.3 is 4.74 Å². The van der Waals surface area contributed by atoms with E-state index in [2.05, 4.69) is 9.97 Å². The van der Waals surface area contributed by atoms with Gasteiger partial charge in [0.15, 0.2) is 0 Å². The predicted molar refractivity (Wildman–Crippen MR) is 73.1 cm³/mol. The molecular weight excluding hydrogens is 240 g/mol. The molecule has 0 spiro atoms. The fourth-order valence-corrected chi connectivity index (χ4v) is 2.26. The lowest BCUT2D eigenvalue weighted by Crippen LogP contribution is -2.01. The maximum absolute atomic E-state index is 11.5. The number of carbonyl (C=O) groups excluding carboxylic acids is 1. The third-order valence-corrected chi connectivity index (χ3v) is 3.21. The molecule has 0 radical (unpaired) electrons. The summed E-state index contributed by atoms with van der Waals surface area (Å²) in [5, 5.41) is 3.11. The van der Waals surface area contributed by atoms with Crippen LogP contribution in [0.15, 0.2) is 36.7 Å². The van der Waals surface area contributed by atoms with E-state index < -0.39 is 0 Å². The van der Waals surface area contributed by atoms with Gasteiger partial charge in [-0.3, -0.25) is 9.97 Å². The zero-order valence-electron chi connectivity index (χ0n) is 10.7. The molecule has 94 valence electrons. The normalized spacial score (nSPS) is 10.8. The molecule has 4 nitrogen and oxygen atoms in total. The summed E-state index contributed by atoms with van der Waals surface area (Å²) in [6.07, 6.45) is 3.58. The molecule has 3 aromatic rings. The molecule has 0 aliphatic heterocycles. The van der Waals surface area contributed by atoms with Gasteiger partial charge in [0.2, 0.25) is 0 Å². The minimum Gasteiger partial charge on any atom is -0.465 e. The number of ether oxygens (including phenoxy) is 1. The lowest BCUT2D eigenvalue weighted by Gasteiger charge is -2.07. The molecule has 2 aromatic heterocycles. The van der Waals surface area contributed by atoms with Crippen molar-refractivity contribution in [2.45, 2.75) is 6.92 Å². The van der Waals surface area contributed by atoms with Gasteiger partial charge in [0, 0.05) is 34.2 Å². The van der Waals surface area contributed by atoms with Gasteiger partial charge in [0.25, 0.3) is 0 Å². The summed E-state index contributed by atoms with van der Waals surface area (Å²) >= 11 is 0.